The minimum Gasteiger partial charge on any atom is -0.396 e. The number of carbonyl (C=O) groups excluding carboxylic acids is 1. The van der Waals surface area contributed by atoms with Crippen LogP contribution in [0.3, 0.4) is 0 Å². The summed E-state index contributed by atoms with van der Waals surface area (Å²) in [7, 11) is 0. The third-order valence-electron chi connectivity index (χ3n) is 5.60. The molecule has 122 valence electrons. The van der Waals surface area contributed by atoms with E-state index in [1.165, 1.54) is 12.8 Å². The molecule has 0 radical (unpaired) electrons. The number of nitrogens with one attached hydrogen (secondary N) is 2. The average Bonchev–Trinajstić information content (AvgIpc) is 2.54. The Morgan fingerprint density at radius 3 is 2.52 bits per heavy atom. The molecule has 2 fully saturated rings. The van der Waals surface area contributed by atoms with Crippen LogP contribution >= 0.6 is 0 Å². The van der Waals surface area contributed by atoms with Gasteiger partial charge in [-0.25, -0.2) is 0 Å². The van der Waals surface area contributed by atoms with Crippen LogP contribution in [0.15, 0.2) is 0 Å². The van der Waals surface area contributed by atoms with Gasteiger partial charge in [-0.2, -0.15) is 0 Å². The summed E-state index contributed by atoms with van der Waals surface area (Å²) in [5, 5.41) is 16.1. The van der Waals surface area contributed by atoms with Crippen molar-refractivity contribution >= 4 is 5.91 Å². The fourth-order valence-electron chi connectivity index (χ4n) is 4.18. The number of rotatable bonds is 6. The molecule has 2 rings (SSSR count). The lowest BCUT2D eigenvalue weighted by Gasteiger charge is -2.37. The predicted octanol–water partition coefficient (Wildman–Crippen LogP) is 2.07. The van der Waals surface area contributed by atoms with Crippen molar-refractivity contribution in [3.05, 3.63) is 0 Å². The van der Waals surface area contributed by atoms with Crippen LogP contribution in [-0.2, 0) is 4.79 Å². The van der Waals surface area contributed by atoms with Crippen molar-refractivity contribution < 1.29 is 9.90 Å². The minimum absolute atomic E-state index is 0.149. The predicted molar refractivity (Wildman–Crippen MR) is 85.0 cm³/mol. The van der Waals surface area contributed by atoms with Crippen LogP contribution in [0.1, 0.15) is 58.3 Å². The van der Waals surface area contributed by atoms with Crippen molar-refractivity contribution in [3.8, 4) is 0 Å². The van der Waals surface area contributed by atoms with E-state index < -0.39 is 0 Å². The van der Waals surface area contributed by atoms with Crippen LogP contribution in [0.4, 0.5) is 0 Å². The van der Waals surface area contributed by atoms with Gasteiger partial charge in [0.2, 0.25) is 5.91 Å². The van der Waals surface area contributed by atoms with E-state index in [9.17, 15) is 9.90 Å². The van der Waals surface area contributed by atoms with Crippen molar-refractivity contribution in [2.24, 2.45) is 17.3 Å². The fraction of sp³-hybridized carbons (Fsp3) is 0.941. The normalized spacial score (nSPS) is 29.0. The molecule has 21 heavy (non-hydrogen) atoms. The van der Waals surface area contributed by atoms with Gasteiger partial charge in [-0.05, 0) is 57.0 Å². The maximum absolute atomic E-state index is 12.7. The van der Waals surface area contributed by atoms with Crippen LogP contribution in [-0.4, -0.2) is 37.3 Å². The Hall–Kier alpha value is -0.610. The second-order valence-electron chi connectivity index (χ2n) is 6.98. The zero-order valence-corrected chi connectivity index (χ0v) is 13.5. The summed E-state index contributed by atoms with van der Waals surface area (Å²) in [4.78, 5) is 12.7. The molecule has 1 saturated carbocycles. The first-order valence-corrected chi connectivity index (χ1v) is 8.82. The zero-order chi connectivity index (χ0) is 15.1. The summed E-state index contributed by atoms with van der Waals surface area (Å²) in [6, 6.07) is 0. The summed E-state index contributed by atoms with van der Waals surface area (Å²) in [5.41, 5.74) is -0.149. The molecule has 1 aliphatic carbocycles. The fourth-order valence-corrected chi connectivity index (χ4v) is 4.18. The van der Waals surface area contributed by atoms with Crippen LogP contribution in [0.2, 0.25) is 0 Å². The van der Waals surface area contributed by atoms with Crippen LogP contribution in [0.25, 0.3) is 0 Å². The average molecular weight is 296 g/mol. The maximum Gasteiger partial charge on any atom is 0.226 e. The third-order valence-corrected chi connectivity index (χ3v) is 5.60. The summed E-state index contributed by atoms with van der Waals surface area (Å²) in [5.74, 6) is 1.11. The third kappa shape index (κ3) is 4.19. The van der Waals surface area contributed by atoms with Crippen LogP contribution < -0.4 is 10.6 Å². The van der Waals surface area contributed by atoms with Gasteiger partial charge in [-0.15, -0.1) is 0 Å². The molecule has 3 N–H and O–H groups in total. The smallest absolute Gasteiger partial charge is 0.226 e. The lowest BCUT2D eigenvalue weighted by molar-refractivity contribution is -0.133. The lowest BCUT2D eigenvalue weighted by Crippen LogP contribution is -2.49. The van der Waals surface area contributed by atoms with Gasteiger partial charge in [-0.3, -0.25) is 4.79 Å². The monoisotopic (exact) mass is 296 g/mol. The Kier molecular flexibility index (Phi) is 6.49. The van der Waals surface area contributed by atoms with Gasteiger partial charge < -0.3 is 15.7 Å². The Morgan fingerprint density at radius 2 is 1.90 bits per heavy atom. The number of aliphatic hydroxyl groups excluding tert-OH is 1. The summed E-state index contributed by atoms with van der Waals surface area (Å²) >= 11 is 0. The SMILES string of the molecule is CCCC1(C(=O)NCC2CCCCC2CO)CCNCC1. The molecule has 0 aromatic heterocycles. The van der Waals surface area contributed by atoms with E-state index in [1.54, 1.807) is 0 Å². The van der Waals surface area contributed by atoms with Gasteiger partial charge in [0.05, 0.1) is 5.41 Å². The van der Waals surface area contributed by atoms with Gasteiger partial charge in [-0.1, -0.05) is 26.2 Å². The number of aliphatic hydroxyl groups is 1. The first-order chi connectivity index (χ1) is 10.2. The number of hydrogen-bond donors (Lipinski definition) is 3. The van der Waals surface area contributed by atoms with Gasteiger partial charge in [0.1, 0.15) is 0 Å². The molecular formula is C17H32N2O2. The zero-order valence-electron chi connectivity index (χ0n) is 13.5. The van der Waals surface area contributed by atoms with Gasteiger partial charge in [0.15, 0.2) is 0 Å². The van der Waals surface area contributed by atoms with E-state index in [-0.39, 0.29) is 17.9 Å². The van der Waals surface area contributed by atoms with Crippen LogP contribution in [0.5, 0.6) is 0 Å². The molecule has 2 aliphatic rings. The lowest BCUT2D eigenvalue weighted by atomic mass is 9.74. The Balaban J connectivity index is 1.89. The van der Waals surface area contributed by atoms with E-state index >= 15 is 0 Å². The summed E-state index contributed by atoms with van der Waals surface area (Å²) < 4.78 is 0. The highest BCUT2D eigenvalue weighted by Gasteiger charge is 2.38. The largest absolute Gasteiger partial charge is 0.396 e. The standard InChI is InChI=1S/C17H32N2O2/c1-2-7-17(8-10-18-11-9-17)16(21)19-12-14-5-3-4-6-15(14)13-20/h14-15,18,20H,2-13H2,1H3,(H,19,21). The van der Waals surface area contributed by atoms with E-state index in [2.05, 4.69) is 17.6 Å². The highest BCUT2D eigenvalue weighted by Crippen LogP contribution is 2.35. The Morgan fingerprint density at radius 1 is 1.24 bits per heavy atom. The summed E-state index contributed by atoms with van der Waals surface area (Å²) in [6.07, 6.45) is 8.70. The van der Waals surface area contributed by atoms with E-state index in [4.69, 9.17) is 0 Å². The van der Waals surface area contributed by atoms with Crippen molar-refractivity contribution in [1.82, 2.24) is 10.6 Å². The first kappa shape index (κ1) is 16.8. The van der Waals surface area contributed by atoms with Crippen molar-refractivity contribution in [1.29, 1.82) is 0 Å². The molecule has 0 aromatic rings. The van der Waals surface area contributed by atoms with E-state index in [0.717, 1.165) is 58.2 Å². The Labute approximate surface area is 129 Å². The van der Waals surface area contributed by atoms with Gasteiger partial charge in [0, 0.05) is 13.2 Å². The quantitative estimate of drug-likeness (QED) is 0.703. The molecule has 1 amide bonds. The number of piperidine rings is 1. The van der Waals surface area contributed by atoms with Crippen LogP contribution in [0, 0.1) is 17.3 Å². The van der Waals surface area contributed by atoms with Gasteiger partial charge in [0.25, 0.3) is 0 Å². The maximum atomic E-state index is 12.7. The molecule has 2 atom stereocenters. The van der Waals surface area contributed by atoms with Crippen molar-refractivity contribution in [2.75, 3.05) is 26.2 Å². The second-order valence-corrected chi connectivity index (χ2v) is 6.98. The molecule has 0 spiro atoms. The Bertz CT molecular complexity index is 321. The topological polar surface area (TPSA) is 61.4 Å². The molecule has 4 heteroatoms. The molecule has 1 aliphatic heterocycles. The highest BCUT2D eigenvalue weighted by atomic mass is 16.3. The van der Waals surface area contributed by atoms with Crippen molar-refractivity contribution in [2.45, 2.75) is 58.3 Å². The second kappa shape index (κ2) is 8.14. The summed E-state index contributed by atoms with van der Waals surface area (Å²) in [6.45, 7) is 5.10. The number of hydrogen-bond acceptors (Lipinski definition) is 3. The molecule has 0 bridgehead atoms. The van der Waals surface area contributed by atoms with E-state index in [0.29, 0.717) is 11.8 Å². The minimum atomic E-state index is -0.149. The first-order valence-electron chi connectivity index (χ1n) is 8.82. The van der Waals surface area contributed by atoms with E-state index in [1.807, 2.05) is 0 Å². The molecule has 1 heterocycles. The number of carbonyl (C=O) groups is 1. The molecule has 0 aromatic carbocycles. The highest BCUT2D eigenvalue weighted by molar-refractivity contribution is 5.82. The molecule has 1 saturated heterocycles. The van der Waals surface area contributed by atoms with Crippen molar-refractivity contribution in [3.63, 3.8) is 0 Å². The number of amides is 1. The molecular weight excluding hydrogens is 264 g/mol. The molecule has 4 nitrogen and oxygen atoms in total. The van der Waals surface area contributed by atoms with Gasteiger partial charge >= 0.3 is 0 Å². The molecule has 2 unspecified atom stereocenters.